The van der Waals surface area contributed by atoms with Gasteiger partial charge in [0.25, 0.3) is 5.92 Å². The third kappa shape index (κ3) is 3.18. The van der Waals surface area contributed by atoms with E-state index in [0.717, 1.165) is 12.1 Å². The number of alkyl halides is 5. The molecule has 23 heavy (non-hydrogen) atoms. The van der Waals surface area contributed by atoms with Crippen LogP contribution in [0, 0.1) is 6.20 Å². The second-order valence-corrected chi connectivity index (χ2v) is 5.69. The van der Waals surface area contributed by atoms with Crippen LogP contribution in [0.1, 0.15) is 18.4 Å². The molecular formula is C16H13F5NO. The number of rotatable bonds is 3. The van der Waals surface area contributed by atoms with Crippen molar-refractivity contribution in [3.05, 3.63) is 53.8 Å². The fourth-order valence-electron chi connectivity index (χ4n) is 3.06. The highest BCUT2D eigenvalue weighted by Crippen LogP contribution is 2.57. The maximum Gasteiger partial charge on any atom is 0.573 e. The summed E-state index contributed by atoms with van der Waals surface area (Å²) >= 11 is 0. The van der Waals surface area contributed by atoms with E-state index in [4.69, 9.17) is 0 Å². The fraction of sp³-hybridized carbons (Fsp3) is 0.375. The minimum atomic E-state index is -4.78. The lowest BCUT2D eigenvalue weighted by atomic mass is 9.58. The highest BCUT2D eigenvalue weighted by Gasteiger charge is 2.58. The van der Waals surface area contributed by atoms with Crippen LogP contribution in [0.3, 0.4) is 0 Å². The van der Waals surface area contributed by atoms with Crippen LogP contribution in [-0.2, 0) is 5.41 Å². The van der Waals surface area contributed by atoms with Gasteiger partial charge in [-0.3, -0.25) is 0 Å². The summed E-state index contributed by atoms with van der Waals surface area (Å²) in [6.45, 7) is 0.564. The molecule has 0 atom stereocenters. The predicted octanol–water partition coefficient (Wildman–Crippen LogP) is 4.10. The molecule has 1 N–H and O–H groups in total. The third-order valence-electron chi connectivity index (χ3n) is 4.00. The van der Waals surface area contributed by atoms with Crippen molar-refractivity contribution in [3.63, 3.8) is 0 Å². The lowest BCUT2D eigenvalue weighted by Crippen LogP contribution is -2.51. The largest absolute Gasteiger partial charge is 0.573 e. The maximum absolute atomic E-state index is 13.5. The summed E-state index contributed by atoms with van der Waals surface area (Å²) in [5.74, 6) is -3.17. The van der Waals surface area contributed by atoms with E-state index in [1.165, 1.54) is 12.1 Å². The molecular weight excluding hydrogens is 317 g/mol. The smallest absolute Gasteiger partial charge is 0.406 e. The Morgan fingerprint density at radius 3 is 2.22 bits per heavy atom. The molecule has 0 spiro atoms. The van der Waals surface area contributed by atoms with Crippen molar-refractivity contribution < 1.29 is 26.7 Å². The van der Waals surface area contributed by atoms with Gasteiger partial charge in [-0.25, -0.2) is 8.78 Å². The van der Waals surface area contributed by atoms with Crippen LogP contribution in [0.15, 0.2) is 42.0 Å². The molecule has 1 fully saturated rings. The summed E-state index contributed by atoms with van der Waals surface area (Å²) in [5, 5.41) is 2.86. The zero-order valence-electron chi connectivity index (χ0n) is 11.9. The van der Waals surface area contributed by atoms with Crippen molar-refractivity contribution in [2.45, 2.75) is 30.5 Å². The van der Waals surface area contributed by atoms with Crippen molar-refractivity contribution in [1.82, 2.24) is 5.32 Å². The molecule has 1 heterocycles. The monoisotopic (exact) mass is 330 g/mol. The minimum absolute atomic E-state index is 0.377. The van der Waals surface area contributed by atoms with Gasteiger partial charge in [0.2, 0.25) is 0 Å². The van der Waals surface area contributed by atoms with Crippen molar-refractivity contribution in [3.8, 4) is 5.75 Å². The highest BCUT2D eigenvalue weighted by molar-refractivity contribution is 5.47. The molecule has 1 aromatic rings. The van der Waals surface area contributed by atoms with Crippen LogP contribution in [0.25, 0.3) is 0 Å². The van der Waals surface area contributed by atoms with Crippen LogP contribution >= 0.6 is 0 Å². The first-order valence-electron chi connectivity index (χ1n) is 6.97. The number of hydrogen-bond acceptors (Lipinski definition) is 2. The summed E-state index contributed by atoms with van der Waals surface area (Å²) in [7, 11) is 0. The zero-order chi connectivity index (χ0) is 16.7. The van der Waals surface area contributed by atoms with Crippen molar-refractivity contribution in [1.29, 1.82) is 0 Å². The number of dihydropyridines is 1. The third-order valence-corrected chi connectivity index (χ3v) is 4.00. The summed E-state index contributed by atoms with van der Waals surface area (Å²) < 4.78 is 67.4. The Labute approximate surface area is 129 Å². The Bertz CT molecular complexity index is 637. The molecule has 0 aromatic heterocycles. The first-order chi connectivity index (χ1) is 10.7. The molecule has 7 heteroatoms. The molecule has 0 amide bonds. The molecule has 0 bridgehead atoms. The lowest BCUT2D eigenvalue weighted by Gasteiger charge is -2.49. The van der Waals surface area contributed by atoms with Crippen molar-refractivity contribution >= 4 is 0 Å². The SMILES string of the molecule is FC1(F)CC(C2=[C]NCC=C2)(c2ccc(OC(F)(F)F)cc2)C1. The van der Waals surface area contributed by atoms with Crippen LogP contribution < -0.4 is 10.1 Å². The quantitative estimate of drug-likeness (QED) is 0.843. The van der Waals surface area contributed by atoms with E-state index in [1.54, 1.807) is 12.2 Å². The second-order valence-electron chi connectivity index (χ2n) is 5.69. The highest BCUT2D eigenvalue weighted by atomic mass is 19.4. The van der Waals surface area contributed by atoms with E-state index < -0.39 is 30.5 Å². The molecule has 3 rings (SSSR count). The molecule has 123 valence electrons. The molecule has 1 aliphatic carbocycles. The molecule has 1 saturated carbocycles. The van der Waals surface area contributed by atoms with Gasteiger partial charge in [-0.05, 0) is 23.3 Å². The van der Waals surface area contributed by atoms with Gasteiger partial charge < -0.3 is 10.1 Å². The second kappa shape index (κ2) is 5.25. The molecule has 1 aromatic carbocycles. The molecule has 1 radical (unpaired) electrons. The van der Waals surface area contributed by atoms with Gasteiger partial charge in [-0.2, -0.15) is 0 Å². The molecule has 2 aliphatic rings. The first kappa shape index (κ1) is 15.8. The van der Waals surface area contributed by atoms with Gasteiger partial charge in [0.1, 0.15) is 5.75 Å². The Morgan fingerprint density at radius 1 is 1.09 bits per heavy atom. The van der Waals surface area contributed by atoms with E-state index >= 15 is 0 Å². The van der Waals surface area contributed by atoms with Crippen molar-refractivity contribution in [2.75, 3.05) is 6.54 Å². The van der Waals surface area contributed by atoms with Crippen LogP contribution in [0.4, 0.5) is 22.0 Å². The number of allylic oxidation sites excluding steroid dienone is 2. The lowest BCUT2D eigenvalue weighted by molar-refractivity contribution is -0.274. The van der Waals surface area contributed by atoms with Crippen molar-refractivity contribution in [2.24, 2.45) is 0 Å². The number of nitrogens with one attached hydrogen (secondary N) is 1. The molecule has 1 aliphatic heterocycles. The van der Waals surface area contributed by atoms with Gasteiger partial charge in [-0.1, -0.05) is 24.3 Å². The normalized spacial score (nSPS) is 21.9. The number of ether oxygens (including phenoxy) is 1. The van der Waals surface area contributed by atoms with E-state index in [1.807, 2.05) is 0 Å². The Kier molecular flexibility index (Phi) is 3.61. The maximum atomic E-state index is 13.5. The molecule has 0 saturated heterocycles. The topological polar surface area (TPSA) is 21.3 Å². The average Bonchev–Trinajstić information content (AvgIpc) is 2.44. The van der Waals surface area contributed by atoms with Crippen LogP contribution in [0.5, 0.6) is 5.75 Å². The number of hydrogen-bond donors (Lipinski definition) is 1. The van der Waals surface area contributed by atoms with E-state index in [0.29, 0.717) is 17.7 Å². The van der Waals surface area contributed by atoms with E-state index in [-0.39, 0.29) is 5.75 Å². The summed E-state index contributed by atoms with van der Waals surface area (Å²) in [5.41, 5.74) is 0.164. The average molecular weight is 330 g/mol. The number of benzene rings is 1. The Hall–Kier alpha value is -2.05. The van der Waals surface area contributed by atoms with Gasteiger partial charge in [-0.15, -0.1) is 13.2 Å². The summed E-state index contributed by atoms with van der Waals surface area (Å²) in [6.07, 6.45) is 0.838. The van der Waals surface area contributed by atoms with Gasteiger partial charge in [0.05, 0.1) is 6.20 Å². The minimum Gasteiger partial charge on any atom is -0.406 e. The van der Waals surface area contributed by atoms with E-state index in [9.17, 15) is 22.0 Å². The number of halogens is 5. The molecule has 0 unspecified atom stereocenters. The van der Waals surface area contributed by atoms with Gasteiger partial charge >= 0.3 is 6.36 Å². The standard InChI is InChI=1S/C16H13F5NO/c17-15(18)9-14(10-15,12-2-1-7-22-8-12)11-3-5-13(6-4-11)23-16(19,20)21/h1-6,22H,7,9-10H2. The van der Waals surface area contributed by atoms with E-state index in [2.05, 4.69) is 16.3 Å². The molecule has 2 nitrogen and oxygen atoms in total. The predicted molar refractivity (Wildman–Crippen MR) is 72.9 cm³/mol. The first-order valence-corrected chi connectivity index (χ1v) is 6.97. The fourth-order valence-corrected chi connectivity index (χ4v) is 3.06. The zero-order valence-corrected chi connectivity index (χ0v) is 11.9. The summed E-state index contributed by atoms with van der Waals surface area (Å²) in [6, 6.07) is 5.07. The summed E-state index contributed by atoms with van der Waals surface area (Å²) in [4.78, 5) is 0. The van der Waals surface area contributed by atoms with Crippen LogP contribution in [0.2, 0.25) is 0 Å². The Morgan fingerprint density at radius 2 is 1.74 bits per heavy atom. The van der Waals surface area contributed by atoms with Gasteiger partial charge in [0.15, 0.2) is 0 Å². The van der Waals surface area contributed by atoms with Gasteiger partial charge in [0, 0.05) is 24.8 Å². The van der Waals surface area contributed by atoms with Crippen LogP contribution in [-0.4, -0.2) is 18.8 Å². The Balaban J connectivity index is 1.90.